The van der Waals surface area contributed by atoms with Crippen LogP contribution in [0.2, 0.25) is 5.02 Å². The molecule has 0 spiro atoms. The molecule has 0 fully saturated rings. The number of hydrogen-bond acceptors (Lipinski definition) is 5. The Hall–Kier alpha value is -4.95. The van der Waals surface area contributed by atoms with E-state index in [2.05, 4.69) is 5.32 Å². The number of halogens is 1. The molecular weight excluding hydrogens is 542 g/mol. The van der Waals surface area contributed by atoms with Crippen molar-refractivity contribution in [2.75, 3.05) is 23.9 Å². The summed E-state index contributed by atoms with van der Waals surface area (Å²) in [5, 5.41) is 3.37. The maximum atomic E-state index is 14.1. The van der Waals surface area contributed by atoms with Gasteiger partial charge in [-0.15, -0.1) is 0 Å². The maximum Gasteiger partial charge on any atom is 0.299 e. The minimum atomic E-state index is -1.09. The van der Waals surface area contributed by atoms with Gasteiger partial charge in [-0.05, 0) is 59.7 Å². The van der Waals surface area contributed by atoms with Gasteiger partial charge < -0.3 is 15.0 Å². The molecule has 1 heterocycles. The highest BCUT2D eigenvalue weighted by Crippen LogP contribution is 2.31. The zero-order valence-electron chi connectivity index (χ0n) is 22.1. The summed E-state index contributed by atoms with van der Waals surface area (Å²) in [5.41, 5.74) is 2.42. The standard InChI is InChI=1S/C32H26ClN3O5/c1-41-25-17-15-24(16-18-25)34-31(39)29(22-11-13-23(33)14-12-22)36(19-21-7-3-2-4-8-21)28(37)20-35-27-10-6-5-9-26(27)30(38)32(35)40/h2-18,29H,19-20H2,1H3,(H,34,39). The van der Waals surface area contributed by atoms with Crippen molar-refractivity contribution in [3.8, 4) is 5.75 Å². The molecule has 0 saturated heterocycles. The molecule has 0 saturated carbocycles. The Kier molecular flexibility index (Phi) is 8.12. The van der Waals surface area contributed by atoms with Crippen LogP contribution in [0.3, 0.4) is 0 Å². The third-order valence-corrected chi connectivity index (χ3v) is 7.04. The molecule has 1 aliphatic rings. The lowest BCUT2D eigenvalue weighted by Crippen LogP contribution is -2.46. The molecule has 0 aliphatic carbocycles. The van der Waals surface area contributed by atoms with Crippen LogP contribution in [0.5, 0.6) is 5.75 Å². The second kappa shape index (κ2) is 12.1. The quantitative estimate of drug-likeness (QED) is 0.277. The lowest BCUT2D eigenvalue weighted by molar-refractivity contribution is -0.139. The van der Waals surface area contributed by atoms with Crippen LogP contribution in [0.4, 0.5) is 11.4 Å². The van der Waals surface area contributed by atoms with E-state index in [1.807, 2.05) is 30.3 Å². The second-order valence-corrected chi connectivity index (χ2v) is 9.85. The average Bonchev–Trinajstić information content (AvgIpc) is 3.23. The van der Waals surface area contributed by atoms with E-state index >= 15 is 0 Å². The van der Waals surface area contributed by atoms with Gasteiger partial charge in [0.25, 0.3) is 17.6 Å². The third-order valence-electron chi connectivity index (χ3n) is 6.79. The number of methoxy groups -OCH3 is 1. The van der Waals surface area contributed by atoms with Gasteiger partial charge in [0.05, 0.1) is 18.4 Å². The number of anilines is 2. The van der Waals surface area contributed by atoms with Gasteiger partial charge in [-0.25, -0.2) is 0 Å². The predicted octanol–water partition coefficient (Wildman–Crippen LogP) is 5.29. The number of hydrogen-bond donors (Lipinski definition) is 1. The normalized spacial score (nSPS) is 13.0. The molecule has 206 valence electrons. The van der Waals surface area contributed by atoms with Gasteiger partial charge in [0, 0.05) is 17.3 Å². The lowest BCUT2D eigenvalue weighted by atomic mass is 10.0. The largest absolute Gasteiger partial charge is 0.497 e. The monoisotopic (exact) mass is 567 g/mol. The molecule has 1 aliphatic heterocycles. The molecule has 8 nitrogen and oxygen atoms in total. The van der Waals surface area contributed by atoms with Gasteiger partial charge in [-0.3, -0.25) is 24.1 Å². The summed E-state index contributed by atoms with van der Waals surface area (Å²) >= 11 is 6.15. The molecule has 5 rings (SSSR count). The van der Waals surface area contributed by atoms with Crippen molar-refractivity contribution in [2.24, 2.45) is 0 Å². The highest BCUT2D eigenvalue weighted by atomic mass is 35.5. The SMILES string of the molecule is COc1ccc(NC(=O)C(c2ccc(Cl)cc2)N(Cc2ccccc2)C(=O)CN2C(=O)C(=O)c3ccccc32)cc1. The highest BCUT2D eigenvalue weighted by Gasteiger charge is 2.39. The number of para-hydroxylation sites is 1. The summed E-state index contributed by atoms with van der Waals surface area (Å²) in [6, 6.07) is 28.2. The first-order chi connectivity index (χ1) is 19.9. The second-order valence-electron chi connectivity index (χ2n) is 9.42. The molecule has 0 radical (unpaired) electrons. The molecule has 41 heavy (non-hydrogen) atoms. The molecular formula is C32H26ClN3O5. The van der Waals surface area contributed by atoms with Crippen LogP contribution in [0.25, 0.3) is 0 Å². The van der Waals surface area contributed by atoms with Crippen LogP contribution in [-0.4, -0.2) is 42.1 Å². The minimum absolute atomic E-state index is 0.0701. The zero-order chi connectivity index (χ0) is 28.9. The van der Waals surface area contributed by atoms with Crippen molar-refractivity contribution >= 4 is 46.5 Å². The van der Waals surface area contributed by atoms with Gasteiger partial charge >= 0.3 is 0 Å². The Labute approximate surface area is 242 Å². The molecule has 9 heteroatoms. The number of rotatable bonds is 9. The van der Waals surface area contributed by atoms with Crippen LogP contribution in [-0.2, 0) is 20.9 Å². The van der Waals surface area contributed by atoms with Crippen molar-refractivity contribution in [1.82, 2.24) is 4.90 Å². The number of amides is 3. The molecule has 0 aromatic heterocycles. The van der Waals surface area contributed by atoms with E-state index in [1.165, 1.54) is 4.90 Å². The van der Waals surface area contributed by atoms with Gasteiger partial charge in [-0.2, -0.15) is 0 Å². The maximum absolute atomic E-state index is 14.1. The van der Waals surface area contributed by atoms with Crippen molar-refractivity contribution < 1.29 is 23.9 Å². The van der Waals surface area contributed by atoms with Crippen molar-refractivity contribution in [3.05, 3.63) is 125 Å². The Balaban J connectivity index is 1.53. The summed E-state index contributed by atoms with van der Waals surface area (Å²) in [6.07, 6.45) is 0. The Bertz CT molecular complexity index is 1590. The number of carbonyl (C=O) groups is 4. The zero-order valence-corrected chi connectivity index (χ0v) is 22.9. The van der Waals surface area contributed by atoms with E-state index in [4.69, 9.17) is 16.3 Å². The topological polar surface area (TPSA) is 96.0 Å². The fourth-order valence-corrected chi connectivity index (χ4v) is 4.86. The van der Waals surface area contributed by atoms with E-state index in [0.717, 1.165) is 10.5 Å². The van der Waals surface area contributed by atoms with Crippen LogP contribution in [0.1, 0.15) is 27.5 Å². The number of benzene rings is 4. The molecule has 1 atom stereocenters. The summed E-state index contributed by atoms with van der Waals surface area (Å²) in [6.45, 7) is -0.352. The van der Waals surface area contributed by atoms with Crippen molar-refractivity contribution in [2.45, 2.75) is 12.6 Å². The number of nitrogens with one attached hydrogen (secondary N) is 1. The van der Waals surface area contributed by atoms with Crippen LogP contribution < -0.4 is 15.0 Å². The van der Waals surface area contributed by atoms with Gasteiger partial charge in [0.15, 0.2) is 0 Å². The molecule has 1 N–H and O–H groups in total. The summed E-state index contributed by atoms with van der Waals surface area (Å²) < 4.78 is 5.21. The van der Waals surface area contributed by atoms with E-state index < -0.39 is 36.1 Å². The third kappa shape index (κ3) is 5.97. The Morgan fingerprint density at radius 3 is 2.22 bits per heavy atom. The molecule has 1 unspecified atom stereocenters. The van der Waals surface area contributed by atoms with Crippen LogP contribution in [0.15, 0.2) is 103 Å². The fourth-order valence-electron chi connectivity index (χ4n) is 4.74. The number of ketones is 1. The lowest BCUT2D eigenvalue weighted by Gasteiger charge is -2.33. The van der Waals surface area contributed by atoms with Gasteiger partial charge in [-0.1, -0.05) is 66.2 Å². The first kappa shape index (κ1) is 27.6. The van der Waals surface area contributed by atoms with E-state index in [0.29, 0.717) is 27.7 Å². The molecule has 4 aromatic carbocycles. The first-order valence-electron chi connectivity index (χ1n) is 12.8. The number of carbonyl (C=O) groups excluding carboxylic acids is 4. The van der Waals surface area contributed by atoms with E-state index in [1.54, 1.807) is 79.9 Å². The molecule has 4 aromatic rings. The van der Waals surface area contributed by atoms with Crippen LogP contribution >= 0.6 is 11.6 Å². The van der Waals surface area contributed by atoms with Crippen molar-refractivity contribution in [3.63, 3.8) is 0 Å². The smallest absolute Gasteiger partial charge is 0.299 e. The predicted molar refractivity (Wildman–Crippen MR) is 156 cm³/mol. The minimum Gasteiger partial charge on any atom is -0.497 e. The van der Waals surface area contributed by atoms with E-state index in [-0.39, 0.29) is 12.1 Å². The number of ether oxygens (including phenoxy) is 1. The van der Waals surface area contributed by atoms with Gasteiger partial charge in [0.2, 0.25) is 5.91 Å². The fraction of sp³-hybridized carbons (Fsp3) is 0.125. The molecule has 0 bridgehead atoms. The number of Topliss-reactive ketones (excluding diaryl/α,β-unsaturated/α-hetero) is 1. The van der Waals surface area contributed by atoms with Gasteiger partial charge in [0.1, 0.15) is 18.3 Å². The van der Waals surface area contributed by atoms with Crippen molar-refractivity contribution in [1.29, 1.82) is 0 Å². The Morgan fingerprint density at radius 2 is 1.54 bits per heavy atom. The highest BCUT2D eigenvalue weighted by molar-refractivity contribution is 6.52. The number of fused-ring (bicyclic) bond motifs is 1. The summed E-state index contributed by atoms with van der Waals surface area (Å²) in [5.74, 6) is -1.81. The summed E-state index contributed by atoms with van der Waals surface area (Å²) in [7, 11) is 1.55. The number of nitrogens with zero attached hydrogens (tertiary/aromatic N) is 2. The van der Waals surface area contributed by atoms with E-state index in [9.17, 15) is 19.2 Å². The Morgan fingerprint density at radius 1 is 0.878 bits per heavy atom. The van der Waals surface area contributed by atoms with Crippen LogP contribution in [0, 0.1) is 0 Å². The first-order valence-corrected chi connectivity index (χ1v) is 13.2. The average molecular weight is 568 g/mol. The molecule has 3 amide bonds. The summed E-state index contributed by atoms with van der Waals surface area (Å²) in [4.78, 5) is 56.1.